The maximum Gasteiger partial charge on any atom is 0.326 e. The van der Waals surface area contributed by atoms with Crippen molar-refractivity contribution in [1.82, 2.24) is 9.55 Å². The first-order chi connectivity index (χ1) is 10.5. The van der Waals surface area contributed by atoms with Crippen LogP contribution in [0, 0.1) is 0 Å². The van der Waals surface area contributed by atoms with Crippen LogP contribution in [0.1, 0.15) is 57.6 Å². The minimum atomic E-state index is -0.802. The van der Waals surface area contributed by atoms with E-state index in [-0.39, 0.29) is 11.7 Å². The molecule has 5 heteroatoms. The van der Waals surface area contributed by atoms with Gasteiger partial charge in [-0.3, -0.25) is 9.36 Å². The first kappa shape index (κ1) is 14.9. The van der Waals surface area contributed by atoms with E-state index >= 15 is 0 Å². The molecule has 118 valence electrons. The highest BCUT2D eigenvalue weighted by atomic mass is 16.4. The number of nitrogens with one attached hydrogen (secondary N) is 1. The summed E-state index contributed by atoms with van der Waals surface area (Å²) in [6.07, 6.45) is 4.31. The Morgan fingerprint density at radius 2 is 1.95 bits per heavy atom. The van der Waals surface area contributed by atoms with Crippen LogP contribution in [0.15, 0.2) is 23.0 Å². The molecule has 2 N–H and O–H groups in total. The van der Waals surface area contributed by atoms with E-state index in [4.69, 9.17) is 0 Å². The van der Waals surface area contributed by atoms with Gasteiger partial charge in [0.25, 0.3) is 0 Å². The van der Waals surface area contributed by atoms with Crippen LogP contribution in [-0.4, -0.2) is 20.6 Å². The smallest absolute Gasteiger partial charge is 0.326 e. The lowest BCUT2D eigenvalue weighted by Crippen LogP contribution is -2.37. The van der Waals surface area contributed by atoms with Crippen molar-refractivity contribution in [3.05, 3.63) is 34.2 Å². The van der Waals surface area contributed by atoms with Gasteiger partial charge in [0.1, 0.15) is 0 Å². The van der Waals surface area contributed by atoms with Crippen molar-refractivity contribution in [2.75, 3.05) is 0 Å². The van der Waals surface area contributed by atoms with Crippen molar-refractivity contribution in [1.29, 1.82) is 0 Å². The monoisotopic (exact) mass is 302 g/mol. The molecule has 2 aromatic rings. The van der Waals surface area contributed by atoms with Crippen molar-refractivity contribution in [2.45, 2.75) is 57.4 Å². The largest absolute Gasteiger partial charge is 0.481 e. The average molecular weight is 302 g/mol. The fourth-order valence-corrected chi connectivity index (χ4v) is 3.72. The van der Waals surface area contributed by atoms with Crippen LogP contribution in [0.3, 0.4) is 0 Å². The van der Waals surface area contributed by atoms with Gasteiger partial charge in [-0.05, 0) is 44.4 Å². The Labute approximate surface area is 129 Å². The molecule has 0 spiro atoms. The highest BCUT2D eigenvalue weighted by Gasteiger charge is 2.41. The number of imidazole rings is 1. The van der Waals surface area contributed by atoms with Crippen LogP contribution >= 0.6 is 0 Å². The third kappa shape index (κ3) is 2.16. The summed E-state index contributed by atoms with van der Waals surface area (Å²) in [5, 5.41) is 9.79. The number of aromatic nitrogens is 2. The predicted molar refractivity (Wildman–Crippen MR) is 85.3 cm³/mol. The van der Waals surface area contributed by atoms with E-state index in [1.54, 1.807) is 4.57 Å². The van der Waals surface area contributed by atoms with Crippen LogP contribution < -0.4 is 5.69 Å². The number of aromatic amines is 1. The lowest BCUT2D eigenvalue weighted by molar-refractivity contribution is -0.145. The topological polar surface area (TPSA) is 75.1 Å². The Hall–Kier alpha value is -2.04. The summed E-state index contributed by atoms with van der Waals surface area (Å²) in [7, 11) is 0. The van der Waals surface area contributed by atoms with E-state index in [1.165, 1.54) is 0 Å². The highest BCUT2D eigenvalue weighted by Crippen LogP contribution is 2.40. The summed E-state index contributed by atoms with van der Waals surface area (Å²) in [5.74, 6) is -0.753. The molecule has 1 fully saturated rings. The molecule has 0 bridgehead atoms. The quantitative estimate of drug-likeness (QED) is 0.914. The average Bonchev–Trinajstić information content (AvgIpc) is 2.82. The first-order valence-corrected chi connectivity index (χ1v) is 7.94. The second-order valence-corrected chi connectivity index (χ2v) is 6.57. The zero-order chi connectivity index (χ0) is 15.9. The number of carboxylic acid groups (broad SMARTS) is 1. The number of carbonyl (C=O) groups is 1. The maximum atomic E-state index is 12.1. The first-order valence-electron chi connectivity index (χ1n) is 7.94. The summed E-state index contributed by atoms with van der Waals surface area (Å²) in [4.78, 5) is 26.8. The number of hydrogen-bond donors (Lipinski definition) is 2. The number of hydrogen-bond acceptors (Lipinski definition) is 2. The normalized spacial score (nSPS) is 18.0. The Balaban J connectivity index is 2.16. The highest BCUT2D eigenvalue weighted by molar-refractivity contribution is 5.84. The van der Waals surface area contributed by atoms with Gasteiger partial charge in [0.15, 0.2) is 0 Å². The Morgan fingerprint density at radius 3 is 2.55 bits per heavy atom. The van der Waals surface area contributed by atoms with E-state index in [2.05, 4.69) is 4.98 Å². The molecular weight excluding hydrogens is 280 g/mol. The molecular formula is C17H22N2O3. The molecule has 22 heavy (non-hydrogen) atoms. The fourth-order valence-electron chi connectivity index (χ4n) is 3.72. The van der Waals surface area contributed by atoms with Gasteiger partial charge in [0.2, 0.25) is 0 Å². The maximum absolute atomic E-state index is 12.1. The molecule has 1 saturated carbocycles. The molecule has 1 aliphatic carbocycles. The number of nitrogens with zero attached hydrogens (tertiary/aromatic N) is 1. The van der Waals surface area contributed by atoms with Crippen molar-refractivity contribution < 1.29 is 9.90 Å². The number of rotatable bonds is 3. The Morgan fingerprint density at radius 1 is 1.27 bits per heavy atom. The molecule has 1 aromatic carbocycles. The molecule has 1 aromatic heterocycles. The van der Waals surface area contributed by atoms with Gasteiger partial charge in [-0.2, -0.15) is 0 Å². The molecule has 0 saturated heterocycles. The fraction of sp³-hybridized carbons (Fsp3) is 0.529. The van der Waals surface area contributed by atoms with Crippen LogP contribution in [0.25, 0.3) is 11.0 Å². The number of carboxylic acids is 1. The van der Waals surface area contributed by atoms with Crippen molar-refractivity contribution >= 4 is 17.0 Å². The second kappa shape index (κ2) is 5.30. The lowest BCUT2D eigenvalue weighted by atomic mass is 9.69. The molecule has 0 amide bonds. The third-order valence-corrected chi connectivity index (χ3v) is 4.90. The van der Waals surface area contributed by atoms with Gasteiger partial charge in [-0.15, -0.1) is 0 Å². The summed E-state index contributed by atoms with van der Waals surface area (Å²) in [5.41, 5.74) is 1.42. The molecule has 0 aliphatic heterocycles. The van der Waals surface area contributed by atoms with Gasteiger partial charge in [0.05, 0.1) is 16.4 Å². The van der Waals surface area contributed by atoms with E-state index in [9.17, 15) is 14.7 Å². The molecule has 5 nitrogen and oxygen atoms in total. The van der Waals surface area contributed by atoms with E-state index in [0.29, 0.717) is 12.8 Å². The van der Waals surface area contributed by atoms with Gasteiger partial charge < -0.3 is 10.1 Å². The van der Waals surface area contributed by atoms with Crippen molar-refractivity contribution in [3.8, 4) is 0 Å². The zero-order valence-corrected chi connectivity index (χ0v) is 13.1. The second-order valence-electron chi connectivity index (χ2n) is 6.57. The van der Waals surface area contributed by atoms with Crippen LogP contribution in [-0.2, 0) is 10.2 Å². The SMILES string of the molecule is CC(C)n1c(=O)[nH]c2cc(C3(C(=O)O)CCCCC3)ccc21. The Bertz CT molecular complexity index is 764. The third-order valence-electron chi connectivity index (χ3n) is 4.90. The number of aliphatic carboxylic acids is 1. The molecule has 0 atom stereocenters. The predicted octanol–water partition coefficient (Wildman–Crippen LogP) is 3.20. The zero-order valence-electron chi connectivity index (χ0n) is 13.1. The van der Waals surface area contributed by atoms with Crippen LogP contribution in [0.4, 0.5) is 0 Å². The van der Waals surface area contributed by atoms with Crippen molar-refractivity contribution in [2.24, 2.45) is 0 Å². The van der Waals surface area contributed by atoms with Crippen LogP contribution in [0.5, 0.6) is 0 Å². The van der Waals surface area contributed by atoms with Crippen LogP contribution in [0.2, 0.25) is 0 Å². The summed E-state index contributed by atoms with van der Waals surface area (Å²) in [6.45, 7) is 3.92. The molecule has 0 radical (unpaired) electrons. The van der Waals surface area contributed by atoms with E-state index in [1.807, 2.05) is 32.0 Å². The summed E-state index contributed by atoms with van der Waals surface area (Å²) in [6, 6.07) is 5.68. The molecule has 3 rings (SSSR count). The molecule has 0 unspecified atom stereocenters. The molecule has 1 heterocycles. The number of H-pyrrole nitrogens is 1. The van der Waals surface area contributed by atoms with Gasteiger partial charge in [-0.25, -0.2) is 4.79 Å². The summed E-state index contributed by atoms with van der Waals surface area (Å²) < 4.78 is 1.70. The van der Waals surface area contributed by atoms with Gasteiger partial charge >= 0.3 is 11.7 Å². The number of benzene rings is 1. The standard InChI is InChI=1S/C17H22N2O3/c1-11(2)19-14-7-6-12(10-13(14)18-16(19)22)17(15(20)21)8-4-3-5-9-17/h6-7,10-11H,3-5,8-9H2,1-2H3,(H,18,22)(H,20,21). The minimum absolute atomic E-state index is 0.0650. The van der Waals surface area contributed by atoms with Gasteiger partial charge in [0, 0.05) is 6.04 Å². The van der Waals surface area contributed by atoms with Gasteiger partial charge in [-0.1, -0.05) is 25.3 Å². The summed E-state index contributed by atoms with van der Waals surface area (Å²) >= 11 is 0. The van der Waals surface area contributed by atoms with Crippen molar-refractivity contribution in [3.63, 3.8) is 0 Å². The van der Waals surface area contributed by atoms with E-state index in [0.717, 1.165) is 35.9 Å². The lowest BCUT2D eigenvalue weighted by Gasteiger charge is -2.33. The minimum Gasteiger partial charge on any atom is -0.481 e. The van der Waals surface area contributed by atoms with E-state index < -0.39 is 11.4 Å². The number of fused-ring (bicyclic) bond motifs is 1. The Kier molecular flexibility index (Phi) is 3.59. The molecule has 1 aliphatic rings.